The van der Waals surface area contributed by atoms with E-state index in [4.69, 9.17) is 5.73 Å². The minimum absolute atomic E-state index is 0.00685. The molecule has 0 aliphatic heterocycles. The Labute approximate surface area is 155 Å². The molecule has 26 heavy (non-hydrogen) atoms. The van der Waals surface area contributed by atoms with E-state index in [1.165, 1.54) is 4.90 Å². The molecule has 2 aromatic carbocycles. The molecule has 2 aromatic rings. The topological polar surface area (TPSA) is 75.4 Å². The third-order valence-corrected chi connectivity index (χ3v) is 4.37. The van der Waals surface area contributed by atoms with E-state index in [9.17, 15) is 9.59 Å². The highest BCUT2D eigenvalue weighted by atomic mass is 16.2. The molecule has 0 aromatic heterocycles. The zero-order valence-corrected chi connectivity index (χ0v) is 15.9. The maximum Gasteiger partial charge on any atom is 0.243 e. The van der Waals surface area contributed by atoms with Crippen molar-refractivity contribution in [1.29, 1.82) is 0 Å². The second-order valence-electron chi connectivity index (χ2n) is 6.79. The van der Waals surface area contributed by atoms with E-state index in [0.717, 1.165) is 27.9 Å². The number of rotatable bonds is 6. The summed E-state index contributed by atoms with van der Waals surface area (Å²) >= 11 is 0. The third-order valence-electron chi connectivity index (χ3n) is 4.37. The molecule has 0 saturated heterocycles. The summed E-state index contributed by atoms with van der Waals surface area (Å²) in [6.45, 7) is 5.94. The number of carbonyl (C=O) groups is 2. The van der Waals surface area contributed by atoms with Crippen LogP contribution in [0.5, 0.6) is 0 Å². The van der Waals surface area contributed by atoms with Gasteiger partial charge in [0.2, 0.25) is 11.8 Å². The normalized spacial score (nSPS) is 11.7. The van der Waals surface area contributed by atoms with Gasteiger partial charge in [-0.2, -0.15) is 0 Å². The van der Waals surface area contributed by atoms with Crippen LogP contribution in [-0.4, -0.2) is 30.3 Å². The van der Waals surface area contributed by atoms with Crippen molar-refractivity contribution < 1.29 is 9.59 Å². The van der Waals surface area contributed by atoms with E-state index in [0.29, 0.717) is 0 Å². The summed E-state index contributed by atoms with van der Waals surface area (Å²) in [5.41, 5.74) is 11.0. The smallest absolute Gasteiger partial charge is 0.243 e. The van der Waals surface area contributed by atoms with Gasteiger partial charge in [-0.15, -0.1) is 0 Å². The Bertz CT molecular complexity index is 764. The van der Waals surface area contributed by atoms with Crippen LogP contribution in [0.15, 0.2) is 42.5 Å². The van der Waals surface area contributed by atoms with Crippen LogP contribution in [0.4, 0.5) is 5.69 Å². The number of amides is 2. The van der Waals surface area contributed by atoms with Gasteiger partial charge in [0.25, 0.3) is 0 Å². The van der Waals surface area contributed by atoms with Crippen LogP contribution >= 0.6 is 0 Å². The second kappa shape index (κ2) is 8.63. The van der Waals surface area contributed by atoms with E-state index in [-0.39, 0.29) is 30.8 Å². The highest BCUT2D eigenvalue weighted by molar-refractivity contribution is 5.95. The number of benzene rings is 2. The van der Waals surface area contributed by atoms with Crippen molar-refractivity contribution in [2.45, 2.75) is 33.2 Å². The zero-order chi connectivity index (χ0) is 19.3. The van der Waals surface area contributed by atoms with Gasteiger partial charge in [-0.05, 0) is 37.5 Å². The number of nitrogens with zero attached hydrogens (tertiary/aromatic N) is 1. The molecule has 1 unspecified atom stereocenters. The number of nitrogens with two attached hydrogens (primary N) is 1. The second-order valence-corrected chi connectivity index (χ2v) is 6.79. The van der Waals surface area contributed by atoms with Gasteiger partial charge in [-0.1, -0.05) is 48.0 Å². The zero-order valence-electron chi connectivity index (χ0n) is 15.9. The van der Waals surface area contributed by atoms with Crippen LogP contribution in [-0.2, 0) is 9.59 Å². The van der Waals surface area contributed by atoms with Crippen molar-refractivity contribution in [3.8, 4) is 0 Å². The lowest BCUT2D eigenvalue weighted by molar-refractivity contribution is -0.133. The molecule has 3 N–H and O–H groups in total. The summed E-state index contributed by atoms with van der Waals surface area (Å²) in [7, 11) is 1.62. The van der Waals surface area contributed by atoms with E-state index in [1.54, 1.807) is 7.05 Å². The number of likely N-dealkylation sites (N-methyl/N-ethyl adjacent to an activating group) is 1. The van der Waals surface area contributed by atoms with Crippen LogP contribution in [0.2, 0.25) is 0 Å². The minimum atomic E-state index is -0.379. The third kappa shape index (κ3) is 5.17. The lowest BCUT2D eigenvalue weighted by Gasteiger charge is -2.20. The lowest BCUT2D eigenvalue weighted by Crippen LogP contribution is -2.36. The molecule has 2 rings (SSSR count). The molecule has 0 bridgehead atoms. The standard InChI is InChI=1S/C21H27N3O2/c1-14-10-15(2)21(16(3)11-14)23-19(25)13-24(4)20(26)12-18(22)17-8-6-5-7-9-17/h5-11,18H,12-13,22H2,1-4H3,(H,23,25). The SMILES string of the molecule is Cc1cc(C)c(NC(=O)CN(C)C(=O)CC(N)c2ccccc2)c(C)c1. The van der Waals surface area contributed by atoms with Gasteiger partial charge in [0, 0.05) is 25.2 Å². The highest BCUT2D eigenvalue weighted by Crippen LogP contribution is 2.22. The van der Waals surface area contributed by atoms with Gasteiger partial charge in [0.05, 0.1) is 6.54 Å². The number of carbonyl (C=O) groups excluding carboxylic acids is 2. The van der Waals surface area contributed by atoms with Crippen molar-refractivity contribution in [3.05, 3.63) is 64.7 Å². The Morgan fingerprint density at radius 1 is 1.08 bits per heavy atom. The summed E-state index contributed by atoms with van der Waals surface area (Å²) in [5, 5.41) is 2.91. The number of nitrogens with one attached hydrogen (secondary N) is 1. The Hall–Kier alpha value is -2.66. The van der Waals surface area contributed by atoms with Crippen LogP contribution in [0.1, 0.15) is 34.7 Å². The monoisotopic (exact) mass is 353 g/mol. The Balaban J connectivity index is 1.93. The molecule has 1 atom stereocenters. The molecular weight excluding hydrogens is 326 g/mol. The van der Waals surface area contributed by atoms with E-state index < -0.39 is 0 Å². The van der Waals surface area contributed by atoms with Gasteiger partial charge in [-0.25, -0.2) is 0 Å². The molecule has 0 aliphatic rings. The molecule has 2 amide bonds. The average molecular weight is 353 g/mol. The largest absolute Gasteiger partial charge is 0.336 e. The van der Waals surface area contributed by atoms with Crippen LogP contribution in [0.25, 0.3) is 0 Å². The summed E-state index contributed by atoms with van der Waals surface area (Å²) < 4.78 is 0. The molecule has 0 saturated carbocycles. The Morgan fingerprint density at radius 2 is 1.65 bits per heavy atom. The fraction of sp³-hybridized carbons (Fsp3) is 0.333. The highest BCUT2D eigenvalue weighted by Gasteiger charge is 2.18. The van der Waals surface area contributed by atoms with Crippen LogP contribution in [0, 0.1) is 20.8 Å². The van der Waals surface area contributed by atoms with Crippen molar-refractivity contribution in [3.63, 3.8) is 0 Å². The number of aryl methyl sites for hydroxylation is 3. The first kappa shape index (κ1) is 19.7. The van der Waals surface area contributed by atoms with E-state index >= 15 is 0 Å². The first-order valence-corrected chi connectivity index (χ1v) is 8.70. The van der Waals surface area contributed by atoms with Gasteiger partial charge in [0.1, 0.15) is 0 Å². The predicted molar refractivity (Wildman–Crippen MR) is 105 cm³/mol. The van der Waals surface area contributed by atoms with Crippen LogP contribution < -0.4 is 11.1 Å². The number of hydrogen-bond acceptors (Lipinski definition) is 3. The first-order valence-electron chi connectivity index (χ1n) is 8.70. The summed E-state index contributed by atoms with van der Waals surface area (Å²) in [6.07, 6.45) is 0.163. The van der Waals surface area contributed by atoms with Gasteiger partial charge < -0.3 is 16.0 Å². The Kier molecular flexibility index (Phi) is 6.52. The molecule has 138 valence electrons. The maximum atomic E-state index is 12.4. The Morgan fingerprint density at radius 3 is 2.23 bits per heavy atom. The number of hydrogen-bond donors (Lipinski definition) is 2. The predicted octanol–water partition coefficient (Wildman–Crippen LogP) is 3.10. The molecular formula is C21H27N3O2. The van der Waals surface area contributed by atoms with Crippen LogP contribution in [0.3, 0.4) is 0 Å². The summed E-state index contributed by atoms with van der Waals surface area (Å²) in [4.78, 5) is 26.1. The summed E-state index contributed by atoms with van der Waals surface area (Å²) in [6, 6.07) is 13.2. The van der Waals surface area contributed by atoms with Crippen molar-refractivity contribution in [2.75, 3.05) is 18.9 Å². The van der Waals surface area contributed by atoms with E-state index in [1.807, 2.05) is 63.2 Å². The fourth-order valence-corrected chi connectivity index (χ4v) is 3.02. The molecule has 0 aliphatic carbocycles. The summed E-state index contributed by atoms with van der Waals surface area (Å²) in [5.74, 6) is -0.377. The molecule has 5 heteroatoms. The quantitative estimate of drug-likeness (QED) is 0.838. The molecule has 5 nitrogen and oxygen atoms in total. The van der Waals surface area contributed by atoms with Gasteiger partial charge in [-0.3, -0.25) is 9.59 Å². The van der Waals surface area contributed by atoms with E-state index in [2.05, 4.69) is 5.32 Å². The molecule has 0 radical (unpaired) electrons. The van der Waals surface area contributed by atoms with Gasteiger partial charge in [0.15, 0.2) is 0 Å². The number of anilines is 1. The molecule has 0 spiro atoms. The van der Waals surface area contributed by atoms with Crippen molar-refractivity contribution >= 4 is 17.5 Å². The lowest BCUT2D eigenvalue weighted by atomic mass is 10.0. The average Bonchev–Trinajstić information content (AvgIpc) is 2.58. The fourth-order valence-electron chi connectivity index (χ4n) is 3.02. The molecule has 0 fully saturated rings. The van der Waals surface area contributed by atoms with Crippen molar-refractivity contribution in [2.24, 2.45) is 5.73 Å². The van der Waals surface area contributed by atoms with Gasteiger partial charge >= 0.3 is 0 Å². The minimum Gasteiger partial charge on any atom is -0.336 e. The maximum absolute atomic E-state index is 12.4. The molecule has 0 heterocycles. The first-order chi connectivity index (χ1) is 12.3. The van der Waals surface area contributed by atoms with Crippen molar-refractivity contribution in [1.82, 2.24) is 4.90 Å².